The van der Waals surface area contributed by atoms with E-state index in [1.54, 1.807) is 0 Å². The number of alkyl carbamates (subject to hydrolysis) is 1. The summed E-state index contributed by atoms with van der Waals surface area (Å²) in [5.74, 6) is 0. The summed E-state index contributed by atoms with van der Waals surface area (Å²) in [4.78, 5) is 11.5. The van der Waals surface area contributed by atoms with Gasteiger partial charge >= 0.3 is 6.09 Å². The van der Waals surface area contributed by atoms with E-state index >= 15 is 0 Å². The molecule has 104 valence electrons. The van der Waals surface area contributed by atoms with Crippen LogP contribution in [0, 0.1) is 0 Å². The molecule has 1 saturated heterocycles. The Kier molecular flexibility index (Phi) is 4.06. The number of sulfonamides is 1. The Labute approximate surface area is 112 Å². The zero-order valence-electron chi connectivity index (χ0n) is 10.6. The largest absolute Gasteiger partial charge is 0.445 e. The molecular formula is C12H16N2O4S. The highest BCUT2D eigenvalue weighted by Crippen LogP contribution is 2.12. The Bertz CT molecular complexity index is 538. The van der Waals surface area contributed by atoms with Crippen LogP contribution >= 0.6 is 0 Å². The summed E-state index contributed by atoms with van der Waals surface area (Å²) in [7, 11) is -3.15. The molecule has 1 aliphatic rings. The minimum Gasteiger partial charge on any atom is -0.445 e. The number of carbonyl (C=O) groups is 1. The first-order valence-corrected chi connectivity index (χ1v) is 7.72. The van der Waals surface area contributed by atoms with Crippen LogP contribution in [0.2, 0.25) is 0 Å². The maximum absolute atomic E-state index is 11.5. The predicted molar refractivity (Wildman–Crippen MR) is 70.0 cm³/mol. The maximum atomic E-state index is 11.5. The summed E-state index contributed by atoms with van der Waals surface area (Å²) >= 11 is 0. The van der Waals surface area contributed by atoms with Gasteiger partial charge in [0.1, 0.15) is 6.61 Å². The standard InChI is InChI=1S/C12H16N2O4S/c1-19(16,17)14-7-11(8-14)13-12(15)18-9-10-5-3-2-4-6-10/h2-6,11H,7-9H2,1H3,(H,13,15). The van der Waals surface area contributed by atoms with E-state index in [1.165, 1.54) is 4.31 Å². The smallest absolute Gasteiger partial charge is 0.407 e. The number of hydrogen-bond acceptors (Lipinski definition) is 4. The van der Waals surface area contributed by atoms with E-state index < -0.39 is 16.1 Å². The zero-order chi connectivity index (χ0) is 13.9. The molecular weight excluding hydrogens is 268 g/mol. The molecule has 0 spiro atoms. The van der Waals surface area contributed by atoms with Crippen LogP contribution in [-0.2, 0) is 21.4 Å². The average Bonchev–Trinajstić information content (AvgIpc) is 2.30. The quantitative estimate of drug-likeness (QED) is 0.876. The third kappa shape index (κ3) is 3.93. The van der Waals surface area contributed by atoms with Crippen LogP contribution in [-0.4, -0.2) is 44.2 Å². The van der Waals surface area contributed by atoms with Gasteiger partial charge in [-0.15, -0.1) is 0 Å². The second-order valence-corrected chi connectivity index (χ2v) is 6.47. The zero-order valence-corrected chi connectivity index (χ0v) is 11.4. The Morgan fingerprint density at radius 2 is 2.00 bits per heavy atom. The molecule has 19 heavy (non-hydrogen) atoms. The van der Waals surface area contributed by atoms with Crippen molar-refractivity contribution >= 4 is 16.1 Å². The lowest BCUT2D eigenvalue weighted by Crippen LogP contribution is -2.60. The fourth-order valence-corrected chi connectivity index (χ4v) is 2.63. The number of carbonyl (C=O) groups excluding carboxylic acids is 1. The van der Waals surface area contributed by atoms with E-state index in [4.69, 9.17) is 4.74 Å². The van der Waals surface area contributed by atoms with Crippen molar-refractivity contribution in [3.8, 4) is 0 Å². The van der Waals surface area contributed by atoms with Gasteiger partial charge in [0.15, 0.2) is 0 Å². The molecule has 1 heterocycles. The first-order valence-electron chi connectivity index (χ1n) is 5.87. The van der Waals surface area contributed by atoms with Gasteiger partial charge in [-0.25, -0.2) is 13.2 Å². The molecule has 0 bridgehead atoms. The van der Waals surface area contributed by atoms with Crippen LogP contribution in [0.1, 0.15) is 5.56 Å². The van der Waals surface area contributed by atoms with Gasteiger partial charge in [-0.05, 0) is 5.56 Å². The molecule has 1 amide bonds. The third-order valence-corrected chi connectivity index (χ3v) is 4.09. The number of benzene rings is 1. The Balaban J connectivity index is 1.69. The Morgan fingerprint density at radius 1 is 1.37 bits per heavy atom. The van der Waals surface area contributed by atoms with E-state index in [9.17, 15) is 13.2 Å². The van der Waals surface area contributed by atoms with Gasteiger partial charge < -0.3 is 10.1 Å². The molecule has 0 aliphatic carbocycles. The minimum atomic E-state index is -3.15. The number of nitrogens with one attached hydrogen (secondary N) is 1. The molecule has 0 atom stereocenters. The van der Waals surface area contributed by atoms with Crippen molar-refractivity contribution in [2.24, 2.45) is 0 Å². The fraction of sp³-hybridized carbons (Fsp3) is 0.417. The van der Waals surface area contributed by atoms with Gasteiger partial charge in [0.05, 0.1) is 12.3 Å². The van der Waals surface area contributed by atoms with Gasteiger partial charge in [-0.2, -0.15) is 4.31 Å². The highest BCUT2D eigenvalue weighted by Gasteiger charge is 2.34. The molecule has 0 aromatic heterocycles. The van der Waals surface area contributed by atoms with Crippen molar-refractivity contribution in [1.82, 2.24) is 9.62 Å². The van der Waals surface area contributed by atoms with Crippen LogP contribution in [0.25, 0.3) is 0 Å². The highest BCUT2D eigenvalue weighted by atomic mass is 32.2. The Morgan fingerprint density at radius 3 is 2.58 bits per heavy atom. The molecule has 1 N–H and O–H groups in total. The van der Waals surface area contributed by atoms with Crippen molar-refractivity contribution in [1.29, 1.82) is 0 Å². The number of hydrogen-bond donors (Lipinski definition) is 1. The number of nitrogens with zero attached hydrogens (tertiary/aromatic N) is 1. The minimum absolute atomic E-state index is 0.169. The lowest BCUT2D eigenvalue weighted by Gasteiger charge is -2.37. The SMILES string of the molecule is CS(=O)(=O)N1CC(NC(=O)OCc2ccccc2)C1. The monoisotopic (exact) mass is 284 g/mol. The van der Waals surface area contributed by atoms with Gasteiger partial charge in [0.25, 0.3) is 0 Å². The summed E-state index contributed by atoms with van der Waals surface area (Å²) in [6.07, 6.45) is 0.624. The first kappa shape index (κ1) is 13.8. The van der Waals surface area contributed by atoms with Crippen molar-refractivity contribution in [3.63, 3.8) is 0 Å². The molecule has 0 unspecified atom stereocenters. The van der Waals surface area contributed by atoms with Crippen LogP contribution in [0.5, 0.6) is 0 Å². The normalized spacial score (nSPS) is 16.7. The third-order valence-electron chi connectivity index (χ3n) is 2.85. The van der Waals surface area contributed by atoms with Crippen molar-refractivity contribution < 1.29 is 17.9 Å². The summed E-state index contributed by atoms with van der Waals surface area (Å²) in [6, 6.07) is 9.18. The number of ether oxygens (including phenoxy) is 1. The van der Waals surface area contributed by atoms with Crippen LogP contribution in [0.4, 0.5) is 4.79 Å². The summed E-state index contributed by atoms with van der Waals surface area (Å²) < 4.78 is 28.6. The summed E-state index contributed by atoms with van der Waals surface area (Å²) in [5, 5.41) is 2.62. The molecule has 1 aliphatic heterocycles. The van der Waals surface area contributed by atoms with E-state index in [0.717, 1.165) is 11.8 Å². The lowest BCUT2D eigenvalue weighted by atomic mass is 10.2. The van der Waals surface area contributed by atoms with Crippen molar-refractivity contribution in [2.45, 2.75) is 12.6 Å². The fourth-order valence-electron chi connectivity index (χ4n) is 1.73. The van der Waals surface area contributed by atoms with E-state index in [0.29, 0.717) is 13.1 Å². The van der Waals surface area contributed by atoms with E-state index in [2.05, 4.69) is 5.32 Å². The van der Waals surface area contributed by atoms with Gasteiger partial charge in [0.2, 0.25) is 10.0 Å². The molecule has 0 radical (unpaired) electrons. The van der Waals surface area contributed by atoms with Crippen LogP contribution < -0.4 is 5.32 Å². The predicted octanol–water partition coefficient (Wildman–Crippen LogP) is 0.557. The second kappa shape index (κ2) is 5.58. The Hall–Kier alpha value is -1.60. The molecule has 6 nitrogen and oxygen atoms in total. The molecule has 2 rings (SSSR count). The maximum Gasteiger partial charge on any atom is 0.407 e. The van der Waals surface area contributed by atoms with Crippen LogP contribution in [0.3, 0.4) is 0 Å². The molecule has 1 fully saturated rings. The summed E-state index contributed by atoms with van der Waals surface area (Å²) in [5.41, 5.74) is 0.907. The number of rotatable bonds is 4. The van der Waals surface area contributed by atoms with Crippen LogP contribution in [0.15, 0.2) is 30.3 Å². The van der Waals surface area contributed by atoms with E-state index in [1.807, 2.05) is 30.3 Å². The molecule has 1 aromatic rings. The van der Waals surface area contributed by atoms with Gasteiger partial charge in [0, 0.05) is 13.1 Å². The van der Waals surface area contributed by atoms with Crippen molar-refractivity contribution in [2.75, 3.05) is 19.3 Å². The van der Waals surface area contributed by atoms with Gasteiger partial charge in [-0.3, -0.25) is 0 Å². The topological polar surface area (TPSA) is 75.7 Å². The molecule has 0 saturated carbocycles. The molecule has 7 heteroatoms. The average molecular weight is 284 g/mol. The van der Waals surface area contributed by atoms with Gasteiger partial charge in [-0.1, -0.05) is 30.3 Å². The number of amides is 1. The molecule has 1 aromatic carbocycles. The lowest BCUT2D eigenvalue weighted by molar-refractivity contribution is 0.123. The van der Waals surface area contributed by atoms with Crippen molar-refractivity contribution in [3.05, 3.63) is 35.9 Å². The highest BCUT2D eigenvalue weighted by molar-refractivity contribution is 7.88. The van der Waals surface area contributed by atoms with E-state index in [-0.39, 0.29) is 12.6 Å². The second-order valence-electron chi connectivity index (χ2n) is 4.48. The first-order chi connectivity index (χ1) is 8.95. The summed E-state index contributed by atoms with van der Waals surface area (Å²) in [6.45, 7) is 0.813.